The zero-order chi connectivity index (χ0) is 20.3. The molecule has 8 nitrogen and oxygen atoms in total. The number of nitro groups is 1. The topological polar surface area (TPSA) is 107 Å². The van der Waals surface area contributed by atoms with Crippen molar-refractivity contribution in [2.75, 3.05) is 5.32 Å². The molecule has 3 rings (SSSR count). The van der Waals surface area contributed by atoms with Crippen LogP contribution >= 0.6 is 0 Å². The van der Waals surface area contributed by atoms with Gasteiger partial charge in [-0.15, -0.1) is 0 Å². The third-order valence-corrected chi connectivity index (χ3v) is 3.92. The van der Waals surface area contributed by atoms with E-state index in [4.69, 9.17) is 4.74 Å². The van der Waals surface area contributed by atoms with Crippen LogP contribution in [0.1, 0.15) is 27.3 Å². The lowest BCUT2D eigenvalue weighted by Gasteiger charge is -2.09. The lowest BCUT2D eigenvalue weighted by molar-refractivity contribution is -0.385. The average Bonchev–Trinajstić information content (AvgIpc) is 2.60. The SMILES string of the molecule is Cc1cc(C)nc(Oc2cccc(NC(=O)c3ccc([N+](=O)[O-])c(C)c3)c2)n1. The first-order chi connectivity index (χ1) is 13.3. The summed E-state index contributed by atoms with van der Waals surface area (Å²) in [6.45, 7) is 5.29. The number of anilines is 1. The van der Waals surface area contributed by atoms with Crippen molar-refractivity contribution in [2.45, 2.75) is 20.8 Å². The molecule has 8 heteroatoms. The van der Waals surface area contributed by atoms with Crippen LogP contribution in [0, 0.1) is 30.9 Å². The number of aryl methyl sites for hydroxylation is 3. The average molecular weight is 378 g/mol. The normalized spacial score (nSPS) is 10.4. The molecule has 1 N–H and O–H groups in total. The molecule has 0 aliphatic carbocycles. The van der Waals surface area contributed by atoms with Crippen molar-refractivity contribution in [1.29, 1.82) is 0 Å². The Balaban J connectivity index is 1.76. The predicted molar refractivity (Wildman–Crippen MR) is 104 cm³/mol. The van der Waals surface area contributed by atoms with Gasteiger partial charge in [0.2, 0.25) is 0 Å². The Labute approximate surface area is 161 Å². The van der Waals surface area contributed by atoms with Crippen LogP contribution in [-0.2, 0) is 0 Å². The molecule has 28 heavy (non-hydrogen) atoms. The van der Waals surface area contributed by atoms with E-state index in [1.54, 1.807) is 31.2 Å². The minimum absolute atomic E-state index is 0.0274. The molecule has 0 aliphatic heterocycles. The number of aromatic nitrogens is 2. The first-order valence-electron chi connectivity index (χ1n) is 8.48. The van der Waals surface area contributed by atoms with Gasteiger partial charge in [-0.3, -0.25) is 14.9 Å². The van der Waals surface area contributed by atoms with Crippen LogP contribution in [0.4, 0.5) is 11.4 Å². The minimum atomic E-state index is -0.479. The summed E-state index contributed by atoms with van der Waals surface area (Å²) in [5, 5.41) is 13.7. The van der Waals surface area contributed by atoms with Gasteiger partial charge < -0.3 is 10.1 Å². The molecule has 0 radical (unpaired) electrons. The lowest BCUT2D eigenvalue weighted by Crippen LogP contribution is -2.12. The van der Waals surface area contributed by atoms with Gasteiger partial charge in [0, 0.05) is 40.3 Å². The summed E-state index contributed by atoms with van der Waals surface area (Å²) in [5.74, 6) is 0.0977. The number of nitrogens with zero attached hydrogens (tertiary/aromatic N) is 3. The third kappa shape index (κ3) is 4.47. The van der Waals surface area contributed by atoms with Gasteiger partial charge in [-0.2, -0.15) is 0 Å². The number of carbonyl (C=O) groups excluding carboxylic acids is 1. The molecule has 0 fully saturated rings. The molecule has 0 atom stereocenters. The van der Waals surface area contributed by atoms with Gasteiger partial charge in [-0.05, 0) is 51.1 Å². The first kappa shape index (κ1) is 19.0. The van der Waals surface area contributed by atoms with Crippen molar-refractivity contribution in [3.05, 3.63) is 81.2 Å². The highest BCUT2D eigenvalue weighted by atomic mass is 16.6. The van der Waals surface area contributed by atoms with E-state index >= 15 is 0 Å². The standard InChI is InChI=1S/C20H18N4O4/c1-12-9-15(7-8-18(12)24(26)27)19(25)23-16-5-4-6-17(11-16)28-20-21-13(2)10-14(3)22-20/h4-11H,1-3H3,(H,23,25). The van der Waals surface area contributed by atoms with Crippen molar-refractivity contribution in [1.82, 2.24) is 9.97 Å². The van der Waals surface area contributed by atoms with Crippen molar-refractivity contribution >= 4 is 17.3 Å². The van der Waals surface area contributed by atoms with Crippen molar-refractivity contribution in [3.63, 3.8) is 0 Å². The summed E-state index contributed by atoms with van der Waals surface area (Å²) in [7, 11) is 0. The Morgan fingerprint density at radius 1 is 1.04 bits per heavy atom. The number of rotatable bonds is 5. The zero-order valence-corrected chi connectivity index (χ0v) is 15.6. The van der Waals surface area contributed by atoms with Gasteiger partial charge >= 0.3 is 6.01 Å². The molecule has 0 bridgehead atoms. The van der Waals surface area contributed by atoms with Gasteiger partial charge in [0.1, 0.15) is 5.75 Å². The number of hydrogen-bond donors (Lipinski definition) is 1. The van der Waals surface area contributed by atoms with E-state index < -0.39 is 4.92 Å². The molecule has 0 unspecified atom stereocenters. The van der Waals surface area contributed by atoms with Gasteiger partial charge in [0.25, 0.3) is 11.6 Å². The van der Waals surface area contributed by atoms with E-state index in [1.807, 2.05) is 19.9 Å². The molecule has 1 heterocycles. The Bertz CT molecular complexity index is 1050. The molecular formula is C20H18N4O4. The summed E-state index contributed by atoms with van der Waals surface area (Å²) in [4.78, 5) is 31.3. The summed E-state index contributed by atoms with van der Waals surface area (Å²) >= 11 is 0. The van der Waals surface area contributed by atoms with Crippen LogP contribution in [0.15, 0.2) is 48.5 Å². The molecule has 0 aliphatic rings. The fourth-order valence-electron chi connectivity index (χ4n) is 2.69. The summed E-state index contributed by atoms with van der Waals surface area (Å²) in [5.41, 5.74) is 2.82. The molecular weight excluding hydrogens is 360 g/mol. The number of benzene rings is 2. The highest BCUT2D eigenvalue weighted by Crippen LogP contribution is 2.24. The van der Waals surface area contributed by atoms with E-state index in [2.05, 4.69) is 15.3 Å². The van der Waals surface area contributed by atoms with Gasteiger partial charge in [-0.1, -0.05) is 6.07 Å². The maximum Gasteiger partial charge on any atom is 0.322 e. The molecule has 0 saturated carbocycles. The summed E-state index contributed by atoms with van der Waals surface area (Å²) < 4.78 is 5.68. The zero-order valence-electron chi connectivity index (χ0n) is 15.6. The minimum Gasteiger partial charge on any atom is -0.424 e. The maximum absolute atomic E-state index is 12.5. The second-order valence-corrected chi connectivity index (χ2v) is 6.28. The van der Waals surface area contributed by atoms with Crippen molar-refractivity contribution < 1.29 is 14.5 Å². The van der Waals surface area contributed by atoms with E-state index in [9.17, 15) is 14.9 Å². The Kier molecular flexibility index (Phi) is 5.30. The van der Waals surface area contributed by atoms with Crippen LogP contribution < -0.4 is 10.1 Å². The number of nitrogens with one attached hydrogen (secondary N) is 1. The summed E-state index contributed by atoms with van der Waals surface area (Å²) in [6.07, 6.45) is 0. The highest BCUT2D eigenvalue weighted by molar-refractivity contribution is 6.04. The smallest absolute Gasteiger partial charge is 0.322 e. The van der Waals surface area contributed by atoms with Gasteiger partial charge in [0.15, 0.2) is 0 Å². The van der Waals surface area contributed by atoms with E-state index in [0.29, 0.717) is 22.6 Å². The summed E-state index contributed by atoms with van der Waals surface area (Å²) in [6, 6.07) is 13.1. The predicted octanol–water partition coefficient (Wildman–Crippen LogP) is 4.35. The molecule has 0 spiro atoms. The lowest BCUT2D eigenvalue weighted by atomic mass is 10.1. The van der Waals surface area contributed by atoms with E-state index in [0.717, 1.165) is 11.4 Å². The molecule has 3 aromatic rings. The monoisotopic (exact) mass is 378 g/mol. The van der Waals surface area contributed by atoms with Crippen LogP contribution in [0.2, 0.25) is 0 Å². The third-order valence-electron chi connectivity index (χ3n) is 3.92. The number of carbonyl (C=O) groups is 1. The number of amides is 1. The van der Waals surface area contributed by atoms with Crippen LogP contribution in [0.5, 0.6) is 11.8 Å². The molecule has 0 saturated heterocycles. The number of hydrogen-bond acceptors (Lipinski definition) is 6. The van der Waals surface area contributed by atoms with Crippen molar-refractivity contribution in [3.8, 4) is 11.8 Å². The van der Waals surface area contributed by atoms with Gasteiger partial charge in [-0.25, -0.2) is 9.97 Å². The van der Waals surface area contributed by atoms with Crippen LogP contribution in [0.25, 0.3) is 0 Å². The molecule has 1 aromatic heterocycles. The molecule has 142 valence electrons. The quantitative estimate of drug-likeness (QED) is 0.522. The number of ether oxygens (including phenoxy) is 1. The Morgan fingerprint density at radius 3 is 2.39 bits per heavy atom. The fourth-order valence-corrected chi connectivity index (χ4v) is 2.69. The molecule has 1 amide bonds. The first-order valence-corrected chi connectivity index (χ1v) is 8.48. The Hall–Kier alpha value is -3.81. The second kappa shape index (κ2) is 7.83. The van der Waals surface area contributed by atoms with Crippen LogP contribution in [-0.4, -0.2) is 20.8 Å². The largest absolute Gasteiger partial charge is 0.424 e. The second-order valence-electron chi connectivity index (χ2n) is 6.28. The van der Waals surface area contributed by atoms with E-state index in [1.165, 1.54) is 18.2 Å². The Morgan fingerprint density at radius 2 is 1.75 bits per heavy atom. The maximum atomic E-state index is 12.5. The highest BCUT2D eigenvalue weighted by Gasteiger charge is 2.14. The fraction of sp³-hybridized carbons (Fsp3) is 0.150. The van der Waals surface area contributed by atoms with Crippen LogP contribution in [0.3, 0.4) is 0 Å². The number of nitro benzene ring substituents is 1. The van der Waals surface area contributed by atoms with Crippen molar-refractivity contribution in [2.24, 2.45) is 0 Å². The van der Waals surface area contributed by atoms with Gasteiger partial charge in [0.05, 0.1) is 4.92 Å². The molecule has 2 aromatic carbocycles. The van der Waals surface area contributed by atoms with E-state index in [-0.39, 0.29) is 17.6 Å².